The second-order valence-corrected chi connectivity index (χ2v) is 9.96. The fourth-order valence-corrected chi connectivity index (χ4v) is 5.33. The summed E-state index contributed by atoms with van der Waals surface area (Å²) in [7, 11) is 0. The fourth-order valence-electron chi connectivity index (χ4n) is 5.33. The minimum atomic E-state index is -4.65. The van der Waals surface area contributed by atoms with Gasteiger partial charge in [0.2, 0.25) is 0 Å². The maximum atomic E-state index is 13.6. The van der Waals surface area contributed by atoms with Crippen LogP contribution in [0.25, 0.3) is 0 Å². The van der Waals surface area contributed by atoms with Gasteiger partial charge in [-0.05, 0) is 69.2 Å². The lowest BCUT2D eigenvalue weighted by Gasteiger charge is -2.40. The minimum Gasteiger partial charge on any atom is -0.301 e. The predicted octanol–water partition coefficient (Wildman–Crippen LogP) is 8.20. The summed E-state index contributed by atoms with van der Waals surface area (Å²) in [5, 5.41) is 0. The number of rotatable bonds is 9. The molecular formula is C28H35F6N. The molecule has 0 aromatic heterocycles. The van der Waals surface area contributed by atoms with Crippen molar-refractivity contribution in [2.75, 3.05) is 13.1 Å². The van der Waals surface area contributed by atoms with Gasteiger partial charge in [0.15, 0.2) is 0 Å². The van der Waals surface area contributed by atoms with E-state index in [9.17, 15) is 26.3 Å². The molecule has 2 aromatic rings. The second kappa shape index (κ2) is 11.8. The lowest BCUT2D eigenvalue weighted by Crippen LogP contribution is -2.42. The Labute approximate surface area is 204 Å². The van der Waals surface area contributed by atoms with Crippen molar-refractivity contribution in [3.05, 3.63) is 71.3 Å². The fraction of sp³-hybridized carbons (Fsp3) is 0.571. The summed E-state index contributed by atoms with van der Waals surface area (Å²) in [5.41, 5.74) is 2.36. The van der Waals surface area contributed by atoms with Gasteiger partial charge >= 0.3 is 12.4 Å². The van der Waals surface area contributed by atoms with Gasteiger partial charge < -0.3 is 4.90 Å². The van der Waals surface area contributed by atoms with E-state index >= 15 is 0 Å². The van der Waals surface area contributed by atoms with Crippen LogP contribution < -0.4 is 0 Å². The first-order valence-electron chi connectivity index (χ1n) is 12.5. The summed E-state index contributed by atoms with van der Waals surface area (Å²) in [6.07, 6.45) is -7.31. The standard InChI is InChI=1S/C28H35F6N/c1-20(2)35(19-17-21-8-4-3-5-9-21)18-7-10-22-13-15-23(16-14-22)26-24(27(29,30)31)11-6-12-25(26)28(32,33)34/h3-5,8-9,13-16,20,24-26H,6-7,10-12,17-19H2,1-2H3. The maximum absolute atomic E-state index is 13.6. The van der Waals surface area contributed by atoms with E-state index in [1.165, 1.54) is 17.7 Å². The van der Waals surface area contributed by atoms with Crippen molar-refractivity contribution >= 4 is 0 Å². The molecule has 0 aliphatic heterocycles. The number of hydrogen-bond acceptors (Lipinski definition) is 1. The summed E-state index contributed by atoms with van der Waals surface area (Å²) in [4.78, 5) is 2.39. The van der Waals surface area contributed by atoms with Gasteiger partial charge in [-0.15, -0.1) is 0 Å². The average molecular weight is 500 g/mol. The molecule has 2 aromatic carbocycles. The van der Waals surface area contributed by atoms with Crippen LogP contribution in [0.3, 0.4) is 0 Å². The van der Waals surface area contributed by atoms with Crippen LogP contribution in [-0.4, -0.2) is 36.4 Å². The van der Waals surface area contributed by atoms with E-state index in [0.717, 1.165) is 37.9 Å². The Kier molecular flexibility index (Phi) is 9.30. The van der Waals surface area contributed by atoms with Gasteiger partial charge in [-0.3, -0.25) is 0 Å². The number of aryl methyl sites for hydroxylation is 1. The summed E-state index contributed by atoms with van der Waals surface area (Å²) in [5.74, 6) is -5.50. The topological polar surface area (TPSA) is 3.24 Å². The predicted molar refractivity (Wildman–Crippen MR) is 127 cm³/mol. The Balaban J connectivity index is 1.62. The van der Waals surface area contributed by atoms with E-state index in [0.29, 0.717) is 6.04 Å². The molecule has 1 aliphatic carbocycles. The highest BCUT2D eigenvalue weighted by molar-refractivity contribution is 5.28. The van der Waals surface area contributed by atoms with Crippen molar-refractivity contribution in [1.82, 2.24) is 4.90 Å². The Bertz CT molecular complexity index is 866. The number of benzene rings is 2. The smallest absolute Gasteiger partial charge is 0.301 e. The van der Waals surface area contributed by atoms with Gasteiger partial charge in [0.05, 0.1) is 11.8 Å². The van der Waals surface area contributed by atoms with Gasteiger partial charge in [-0.2, -0.15) is 26.3 Å². The molecule has 2 unspecified atom stereocenters. The molecule has 3 rings (SSSR count). The molecule has 0 N–H and O–H groups in total. The van der Waals surface area contributed by atoms with Crippen molar-refractivity contribution in [2.24, 2.45) is 11.8 Å². The van der Waals surface area contributed by atoms with Crippen LogP contribution >= 0.6 is 0 Å². The Morgan fingerprint density at radius 2 is 1.29 bits per heavy atom. The summed E-state index contributed by atoms with van der Waals surface area (Å²) < 4.78 is 81.7. The SMILES string of the molecule is CC(C)N(CCCc1ccc(C2C(C(F)(F)F)CCCC2C(F)(F)F)cc1)CCc1ccccc1. The van der Waals surface area contributed by atoms with Gasteiger partial charge in [-0.25, -0.2) is 0 Å². The lowest BCUT2D eigenvalue weighted by molar-refractivity contribution is -0.231. The van der Waals surface area contributed by atoms with E-state index in [2.05, 4.69) is 30.9 Å². The number of hydrogen-bond donors (Lipinski definition) is 0. The molecule has 0 amide bonds. The van der Waals surface area contributed by atoms with Crippen molar-refractivity contribution in [1.29, 1.82) is 0 Å². The van der Waals surface area contributed by atoms with Crippen molar-refractivity contribution in [2.45, 2.75) is 76.7 Å². The Morgan fingerprint density at radius 3 is 1.80 bits per heavy atom. The number of alkyl halides is 6. The van der Waals surface area contributed by atoms with Gasteiger partial charge in [0.1, 0.15) is 0 Å². The number of nitrogens with zero attached hydrogens (tertiary/aromatic N) is 1. The molecule has 1 fully saturated rings. The molecule has 35 heavy (non-hydrogen) atoms. The molecule has 194 valence electrons. The molecule has 0 radical (unpaired) electrons. The Hall–Kier alpha value is -2.02. The maximum Gasteiger partial charge on any atom is 0.392 e. The molecular weight excluding hydrogens is 464 g/mol. The van der Waals surface area contributed by atoms with Crippen LogP contribution in [0, 0.1) is 11.8 Å². The highest BCUT2D eigenvalue weighted by Crippen LogP contribution is 2.53. The molecule has 1 aliphatic rings. The van der Waals surface area contributed by atoms with Crippen LogP contribution in [0.2, 0.25) is 0 Å². The van der Waals surface area contributed by atoms with Crippen LogP contribution in [0.5, 0.6) is 0 Å². The van der Waals surface area contributed by atoms with Crippen LogP contribution in [0.15, 0.2) is 54.6 Å². The van der Waals surface area contributed by atoms with E-state index in [1.54, 1.807) is 12.1 Å². The summed E-state index contributed by atoms with van der Waals surface area (Å²) in [6, 6.07) is 17.0. The van der Waals surface area contributed by atoms with Gasteiger partial charge in [0, 0.05) is 18.5 Å². The summed E-state index contributed by atoms with van der Waals surface area (Å²) >= 11 is 0. The molecule has 0 heterocycles. The van der Waals surface area contributed by atoms with Crippen LogP contribution in [0.1, 0.15) is 62.1 Å². The third kappa shape index (κ3) is 7.73. The van der Waals surface area contributed by atoms with Crippen molar-refractivity contribution in [3.8, 4) is 0 Å². The minimum absolute atomic E-state index is 0.0560. The summed E-state index contributed by atoms with van der Waals surface area (Å²) in [6.45, 7) is 6.11. The van der Waals surface area contributed by atoms with E-state index in [4.69, 9.17) is 0 Å². The average Bonchev–Trinajstić information content (AvgIpc) is 2.80. The van der Waals surface area contributed by atoms with E-state index < -0.39 is 30.1 Å². The molecule has 1 saturated carbocycles. The molecule has 0 spiro atoms. The van der Waals surface area contributed by atoms with Crippen molar-refractivity contribution < 1.29 is 26.3 Å². The third-order valence-corrected chi connectivity index (χ3v) is 7.27. The lowest BCUT2D eigenvalue weighted by atomic mass is 9.68. The molecule has 0 saturated heterocycles. The van der Waals surface area contributed by atoms with Gasteiger partial charge in [-0.1, -0.05) is 61.0 Å². The monoisotopic (exact) mass is 499 g/mol. The second-order valence-electron chi connectivity index (χ2n) is 9.96. The first-order valence-corrected chi connectivity index (χ1v) is 12.5. The molecule has 1 nitrogen and oxygen atoms in total. The third-order valence-electron chi connectivity index (χ3n) is 7.27. The highest BCUT2D eigenvalue weighted by atomic mass is 19.4. The zero-order valence-corrected chi connectivity index (χ0v) is 20.4. The highest BCUT2D eigenvalue weighted by Gasteiger charge is 2.56. The Morgan fingerprint density at radius 1 is 0.743 bits per heavy atom. The largest absolute Gasteiger partial charge is 0.392 e. The normalized spacial score (nSPS) is 21.6. The quantitative estimate of drug-likeness (QED) is 0.314. The van der Waals surface area contributed by atoms with E-state index in [-0.39, 0.29) is 24.8 Å². The van der Waals surface area contributed by atoms with Crippen molar-refractivity contribution in [3.63, 3.8) is 0 Å². The molecule has 7 heteroatoms. The van der Waals surface area contributed by atoms with E-state index in [1.807, 2.05) is 18.2 Å². The number of halogens is 6. The van der Waals surface area contributed by atoms with Crippen LogP contribution in [0.4, 0.5) is 26.3 Å². The zero-order valence-electron chi connectivity index (χ0n) is 20.4. The first-order chi connectivity index (χ1) is 16.5. The zero-order chi connectivity index (χ0) is 25.6. The molecule has 0 bridgehead atoms. The van der Waals surface area contributed by atoms with Gasteiger partial charge in [0.25, 0.3) is 0 Å². The first kappa shape index (κ1) is 27.6. The van der Waals surface area contributed by atoms with Crippen LogP contribution in [-0.2, 0) is 12.8 Å². The molecule has 2 atom stereocenters.